The summed E-state index contributed by atoms with van der Waals surface area (Å²) in [7, 11) is 0. The number of hydrogen-bond donors (Lipinski definition) is 2. The Balaban J connectivity index is 1.40. The molecule has 2 amide bonds. The topological polar surface area (TPSA) is 125 Å². The van der Waals surface area contributed by atoms with E-state index < -0.39 is 5.91 Å². The highest BCUT2D eigenvalue weighted by molar-refractivity contribution is 7.99. The van der Waals surface area contributed by atoms with Crippen molar-refractivity contribution in [1.29, 1.82) is 0 Å². The number of halogens is 1. The van der Waals surface area contributed by atoms with Gasteiger partial charge in [0, 0.05) is 28.4 Å². The minimum Gasteiger partial charge on any atom is -0.366 e. The maximum atomic E-state index is 13.2. The summed E-state index contributed by atoms with van der Waals surface area (Å²) >= 11 is 7.52. The van der Waals surface area contributed by atoms with Gasteiger partial charge in [-0.25, -0.2) is 9.67 Å². The molecule has 0 spiro atoms. The SMILES string of the molecule is NC(=O)c1ccc(NC(=O)CC2CSc3nc4c(cnn4-c4cccc(Cl)c4)c(=O)n32)cc1. The second-order valence-corrected chi connectivity index (χ2v) is 8.93. The fourth-order valence-electron chi connectivity index (χ4n) is 3.72. The number of fused-ring (bicyclic) bond motifs is 2. The number of rotatable bonds is 5. The molecule has 1 aliphatic rings. The van der Waals surface area contributed by atoms with E-state index in [-0.39, 0.29) is 23.9 Å². The van der Waals surface area contributed by atoms with Gasteiger partial charge in [-0.15, -0.1) is 0 Å². The van der Waals surface area contributed by atoms with Crippen molar-refractivity contribution in [2.75, 3.05) is 11.1 Å². The van der Waals surface area contributed by atoms with Crippen LogP contribution in [0.25, 0.3) is 16.7 Å². The molecule has 9 nitrogen and oxygen atoms in total. The van der Waals surface area contributed by atoms with Crippen LogP contribution in [-0.4, -0.2) is 36.9 Å². The molecule has 2 aromatic carbocycles. The summed E-state index contributed by atoms with van der Waals surface area (Å²) in [4.78, 5) is 41.7. The molecule has 1 atom stereocenters. The Morgan fingerprint density at radius 2 is 2.00 bits per heavy atom. The van der Waals surface area contributed by atoms with Crippen LogP contribution in [0.3, 0.4) is 0 Å². The highest BCUT2D eigenvalue weighted by Crippen LogP contribution is 2.33. The molecule has 11 heteroatoms. The van der Waals surface area contributed by atoms with Gasteiger partial charge in [-0.05, 0) is 42.5 Å². The Morgan fingerprint density at radius 3 is 2.73 bits per heavy atom. The number of carbonyl (C=O) groups is 2. The van der Waals surface area contributed by atoms with Gasteiger partial charge in [0.1, 0.15) is 5.39 Å². The first-order valence-electron chi connectivity index (χ1n) is 9.99. The summed E-state index contributed by atoms with van der Waals surface area (Å²) in [6.07, 6.45) is 1.59. The lowest BCUT2D eigenvalue weighted by Gasteiger charge is -2.13. The zero-order valence-electron chi connectivity index (χ0n) is 17.1. The number of anilines is 1. The highest BCUT2D eigenvalue weighted by Gasteiger charge is 2.29. The van der Waals surface area contributed by atoms with Gasteiger partial charge in [0.05, 0.1) is 17.9 Å². The molecule has 1 aliphatic heterocycles. The molecule has 0 saturated carbocycles. The predicted molar refractivity (Wildman–Crippen MR) is 126 cm³/mol. The number of carbonyl (C=O) groups excluding carboxylic acids is 2. The van der Waals surface area contributed by atoms with E-state index in [0.29, 0.717) is 43.9 Å². The Bertz CT molecular complexity index is 1460. The fraction of sp³-hybridized carbons (Fsp3) is 0.136. The van der Waals surface area contributed by atoms with Gasteiger partial charge in [0.2, 0.25) is 11.8 Å². The van der Waals surface area contributed by atoms with Crippen molar-refractivity contribution < 1.29 is 9.59 Å². The van der Waals surface area contributed by atoms with Crippen molar-refractivity contribution in [1.82, 2.24) is 19.3 Å². The van der Waals surface area contributed by atoms with Gasteiger partial charge >= 0.3 is 0 Å². The number of amides is 2. The molecular formula is C22H17ClN6O3S. The number of nitrogens with one attached hydrogen (secondary N) is 1. The molecule has 0 aliphatic carbocycles. The molecule has 166 valence electrons. The first-order valence-corrected chi connectivity index (χ1v) is 11.4. The van der Waals surface area contributed by atoms with Gasteiger partial charge in [0.15, 0.2) is 10.8 Å². The third kappa shape index (κ3) is 3.98. The van der Waals surface area contributed by atoms with Crippen LogP contribution in [0.5, 0.6) is 0 Å². The van der Waals surface area contributed by atoms with Crippen LogP contribution in [0.1, 0.15) is 22.8 Å². The number of primary amides is 1. The fourth-order valence-corrected chi connectivity index (χ4v) is 5.04. The number of hydrogen-bond acceptors (Lipinski definition) is 6. The van der Waals surface area contributed by atoms with Crippen molar-refractivity contribution in [2.45, 2.75) is 17.6 Å². The van der Waals surface area contributed by atoms with Gasteiger partial charge in [-0.1, -0.05) is 29.4 Å². The molecular weight excluding hydrogens is 464 g/mol. The molecule has 5 rings (SSSR count). The van der Waals surface area contributed by atoms with Gasteiger partial charge in [0.25, 0.3) is 5.56 Å². The van der Waals surface area contributed by atoms with Crippen LogP contribution in [0, 0.1) is 0 Å². The third-order valence-electron chi connectivity index (χ3n) is 5.30. The van der Waals surface area contributed by atoms with E-state index in [1.165, 1.54) is 18.0 Å². The molecule has 33 heavy (non-hydrogen) atoms. The number of aromatic nitrogens is 4. The smallest absolute Gasteiger partial charge is 0.265 e. The second kappa shape index (κ2) is 8.38. The van der Waals surface area contributed by atoms with Gasteiger partial charge < -0.3 is 11.1 Å². The van der Waals surface area contributed by atoms with Crippen molar-refractivity contribution in [2.24, 2.45) is 5.73 Å². The maximum absolute atomic E-state index is 13.2. The quantitative estimate of drug-likeness (QED) is 0.423. The Morgan fingerprint density at radius 1 is 1.21 bits per heavy atom. The average Bonchev–Trinajstić information content (AvgIpc) is 3.39. The molecule has 0 radical (unpaired) electrons. The van der Waals surface area contributed by atoms with Crippen LogP contribution in [0.15, 0.2) is 64.7 Å². The molecule has 0 saturated heterocycles. The minimum atomic E-state index is -0.538. The van der Waals surface area contributed by atoms with Crippen molar-refractivity contribution in [3.8, 4) is 5.69 Å². The Kier molecular flexibility index (Phi) is 5.39. The maximum Gasteiger partial charge on any atom is 0.265 e. The summed E-state index contributed by atoms with van der Waals surface area (Å²) in [5.74, 6) is -0.237. The van der Waals surface area contributed by atoms with E-state index >= 15 is 0 Å². The van der Waals surface area contributed by atoms with Crippen LogP contribution in [-0.2, 0) is 4.79 Å². The van der Waals surface area contributed by atoms with Crippen LogP contribution in [0.2, 0.25) is 5.02 Å². The molecule has 1 unspecified atom stereocenters. The highest BCUT2D eigenvalue weighted by atomic mass is 35.5. The number of benzene rings is 2. The van der Waals surface area contributed by atoms with Crippen molar-refractivity contribution >= 4 is 51.9 Å². The standard InChI is InChI=1S/C22H17ClN6O3S/c23-13-2-1-3-15(8-13)29-20-17(10-25-29)21(32)28-16(11-33-22(28)27-20)9-18(30)26-14-6-4-12(5-7-14)19(24)31/h1-8,10,16H,9,11H2,(H2,24,31)(H,26,30). The minimum absolute atomic E-state index is 0.104. The molecule has 0 fully saturated rings. The zero-order chi connectivity index (χ0) is 23.1. The molecule has 0 bridgehead atoms. The molecule has 2 aromatic heterocycles. The van der Waals surface area contributed by atoms with E-state index in [4.69, 9.17) is 17.3 Å². The van der Waals surface area contributed by atoms with E-state index in [2.05, 4.69) is 15.4 Å². The van der Waals surface area contributed by atoms with E-state index in [0.717, 1.165) is 0 Å². The number of nitrogens with two attached hydrogens (primary N) is 1. The molecule has 3 N–H and O–H groups in total. The van der Waals surface area contributed by atoms with Gasteiger partial charge in [-0.3, -0.25) is 19.0 Å². The van der Waals surface area contributed by atoms with Crippen molar-refractivity contribution in [3.05, 3.63) is 75.7 Å². The van der Waals surface area contributed by atoms with Crippen LogP contribution >= 0.6 is 23.4 Å². The zero-order valence-corrected chi connectivity index (χ0v) is 18.6. The van der Waals surface area contributed by atoms with E-state index in [9.17, 15) is 14.4 Å². The molecule has 3 heterocycles. The van der Waals surface area contributed by atoms with Crippen LogP contribution in [0.4, 0.5) is 5.69 Å². The molecule has 4 aromatic rings. The summed E-state index contributed by atoms with van der Waals surface area (Å²) in [6.45, 7) is 0. The first-order chi connectivity index (χ1) is 15.9. The Hall–Kier alpha value is -3.63. The summed E-state index contributed by atoms with van der Waals surface area (Å²) in [5, 5.41) is 8.58. The average molecular weight is 481 g/mol. The third-order valence-corrected chi connectivity index (χ3v) is 6.63. The monoisotopic (exact) mass is 480 g/mol. The summed E-state index contributed by atoms with van der Waals surface area (Å²) in [6, 6.07) is 13.1. The first kappa shape index (κ1) is 21.2. The van der Waals surface area contributed by atoms with Crippen LogP contribution < -0.4 is 16.6 Å². The normalized spacial score (nSPS) is 14.9. The predicted octanol–water partition coefficient (Wildman–Crippen LogP) is 3.01. The van der Waals surface area contributed by atoms with E-state index in [1.807, 2.05) is 6.07 Å². The van der Waals surface area contributed by atoms with Gasteiger partial charge in [-0.2, -0.15) is 5.10 Å². The largest absolute Gasteiger partial charge is 0.366 e. The number of thioether (sulfide) groups is 1. The lowest BCUT2D eigenvalue weighted by atomic mass is 10.2. The Labute approximate surface area is 196 Å². The van der Waals surface area contributed by atoms with E-state index in [1.54, 1.807) is 51.7 Å². The number of nitrogens with zero attached hydrogens (tertiary/aromatic N) is 4. The summed E-state index contributed by atoms with van der Waals surface area (Å²) in [5.41, 5.74) is 7.04. The lowest BCUT2D eigenvalue weighted by Crippen LogP contribution is -2.27. The second-order valence-electron chi connectivity index (χ2n) is 7.50. The summed E-state index contributed by atoms with van der Waals surface area (Å²) < 4.78 is 3.15. The lowest BCUT2D eigenvalue weighted by molar-refractivity contribution is -0.116. The van der Waals surface area contributed by atoms with Crippen molar-refractivity contribution in [3.63, 3.8) is 0 Å².